The third-order valence-electron chi connectivity index (χ3n) is 4.13. The standard InChI is InChI=1S/C20H15N3O2S/c24-19-10-14(16-8-4-5-9-17(16)22-19)11-23(15-6-2-1-3-7-15)20(25)18-12-26-13-21-18/h1-10,12-13H,11H2,(H,22,24). The van der Waals surface area contributed by atoms with Crippen LogP contribution in [-0.4, -0.2) is 15.9 Å². The fraction of sp³-hybridized carbons (Fsp3) is 0.0500. The number of rotatable bonds is 4. The van der Waals surface area contributed by atoms with Crippen molar-refractivity contribution >= 4 is 33.8 Å². The molecule has 0 spiro atoms. The van der Waals surface area contributed by atoms with Crippen molar-refractivity contribution in [3.8, 4) is 0 Å². The van der Waals surface area contributed by atoms with E-state index >= 15 is 0 Å². The number of hydrogen-bond donors (Lipinski definition) is 1. The van der Waals surface area contributed by atoms with Crippen LogP contribution in [0.4, 0.5) is 5.69 Å². The van der Waals surface area contributed by atoms with Crippen LogP contribution in [-0.2, 0) is 6.54 Å². The molecule has 1 amide bonds. The molecule has 6 heteroatoms. The molecule has 2 aromatic carbocycles. The van der Waals surface area contributed by atoms with Gasteiger partial charge in [-0.3, -0.25) is 9.59 Å². The van der Waals surface area contributed by atoms with Crippen molar-refractivity contribution in [3.63, 3.8) is 0 Å². The Labute approximate surface area is 153 Å². The number of anilines is 1. The highest BCUT2D eigenvalue weighted by Crippen LogP contribution is 2.23. The number of carbonyl (C=O) groups excluding carboxylic acids is 1. The monoisotopic (exact) mass is 361 g/mol. The number of benzene rings is 2. The van der Waals surface area contributed by atoms with E-state index in [1.165, 1.54) is 11.3 Å². The van der Waals surface area contributed by atoms with Crippen molar-refractivity contribution in [2.75, 3.05) is 4.90 Å². The summed E-state index contributed by atoms with van der Waals surface area (Å²) in [5.41, 5.74) is 4.15. The van der Waals surface area contributed by atoms with E-state index in [1.807, 2.05) is 54.6 Å². The molecule has 26 heavy (non-hydrogen) atoms. The SMILES string of the molecule is O=C(c1cscn1)N(Cc1cc(=O)[nH]c2ccccc12)c1ccccc1. The maximum absolute atomic E-state index is 13.0. The summed E-state index contributed by atoms with van der Waals surface area (Å²) in [6.07, 6.45) is 0. The summed E-state index contributed by atoms with van der Waals surface area (Å²) >= 11 is 1.38. The first-order valence-corrected chi connectivity index (χ1v) is 9.03. The number of nitrogens with zero attached hydrogens (tertiary/aromatic N) is 2. The van der Waals surface area contributed by atoms with Crippen LogP contribution in [0.3, 0.4) is 0 Å². The van der Waals surface area contributed by atoms with Crippen LogP contribution < -0.4 is 10.5 Å². The highest BCUT2D eigenvalue weighted by molar-refractivity contribution is 7.07. The van der Waals surface area contributed by atoms with Crippen LogP contribution in [0.25, 0.3) is 10.9 Å². The number of aromatic amines is 1. The molecule has 0 unspecified atom stereocenters. The Morgan fingerprint density at radius 1 is 1.08 bits per heavy atom. The number of amides is 1. The summed E-state index contributed by atoms with van der Waals surface area (Å²) in [7, 11) is 0. The second kappa shape index (κ2) is 6.93. The maximum Gasteiger partial charge on any atom is 0.278 e. The van der Waals surface area contributed by atoms with E-state index in [1.54, 1.807) is 21.9 Å². The lowest BCUT2D eigenvalue weighted by Crippen LogP contribution is -2.31. The van der Waals surface area contributed by atoms with Gasteiger partial charge in [0.1, 0.15) is 5.69 Å². The first-order chi connectivity index (χ1) is 12.7. The number of carbonyl (C=O) groups is 1. The Morgan fingerprint density at radius 2 is 1.85 bits per heavy atom. The summed E-state index contributed by atoms with van der Waals surface area (Å²) in [5.74, 6) is -0.193. The second-order valence-electron chi connectivity index (χ2n) is 5.80. The van der Waals surface area contributed by atoms with Crippen molar-refractivity contribution < 1.29 is 4.79 Å². The molecule has 128 valence electrons. The molecule has 0 fully saturated rings. The van der Waals surface area contributed by atoms with Gasteiger partial charge >= 0.3 is 0 Å². The number of thiazole rings is 1. The van der Waals surface area contributed by atoms with E-state index in [-0.39, 0.29) is 18.0 Å². The van der Waals surface area contributed by atoms with Crippen molar-refractivity contribution in [1.82, 2.24) is 9.97 Å². The lowest BCUT2D eigenvalue weighted by molar-refractivity contribution is 0.0981. The lowest BCUT2D eigenvalue weighted by atomic mass is 10.1. The molecule has 0 aliphatic rings. The normalized spacial score (nSPS) is 10.8. The van der Waals surface area contributed by atoms with Crippen molar-refractivity contribution in [2.45, 2.75) is 6.54 Å². The molecular formula is C20H15N3O2S. The summed E-state index contributed by atoms with van der Waals surface area (Å²) in [6.45, 7) is 0.283. The molecule has 0 atom stereocenters. The largest absolute Gasteiger partial charge is 0.322 e. The molecule has 1 N–H and O–H groups in total. The first-order valence-electron chi connectivity index (χ1n) is 8.08. The zero-order valence-corrected chi connectivity index (χ0v) is 14.6. The number of hydrogen-bond acceptors (Lipinski definition) is 4. The Balaban J connectivity index is 1.81. The zero-order chi connectivity index (χ0) is 17.9. The van der Waals surface area contributed by atoms with E-state index < -0.39 is 0 Å². The van der Waals surface area contributed by atoms with Gasteiger partial charge < -0.3 is 9.88 Å². The summed E-state index contributed by atoms with van der Waals surface area (Å²) in [5, 5.41) is 2.65. The quantitative estimate of drug-likeness (QED) is 0.601. The van der Waals surface area contributed by atoms with E-state index in [2.05, 4.69) is 9.97 Å². The number of para-hydroxylation sites is 2. The van der Waals surface area contributed by atoms with Crippen LogP contribution in [0.5, 0.6) is 0 Å². The molecule has 0 saturated carbocycles. The van der Waals surface area contributed by atoms with Gasteiger partial charge in [-0.25, -0.2) is 4.98 Å². The number of aromatic nitrogens is 2. The Hall–Kier alpha value is -3.25. The van der Waals surface area contributed by atoms with Gasteiger partial charge in [0, 0.05) is 28.0 Å². The number of nitrogens with one attached hydrogen (secondary N) is 1. The van der Waals surface area contributed by atoms with Crippen LogP contribution >= 0.6 is 11.3 Å². The highest BCUT2D eigenvalue weighted by Gasteiger charge is 2.20. The van der Waals surface area contributed by atoms with Gasteiger partial charge in [0.25, 0.3) is 5.91 Å². The summed E-state index contributed by atoms with van der Waals surface area (Å²) < 4.78 is 0. The molecule has 0 saturated heterocycles. The summed E-state index contributed by atoms with van der Waals surface area (Å²) in [6, 6.07) is 18.5. The van der Waals surface area contributed by atoms with Gasteiger partial charge in [0.15, 0.2) is 0 Å². The van der Waals surface area contributed by atoms with Gasteiger partial charge in [0.2, 0.25) is 5.56 Å². The Morgan fingerprint density at radius 3 is 2.62 bits per heavy atom. The summed E-state index contributed by atoms with van der Waals surface area (Å²) in [4.78, 5) is 33.7. The molecule has 5 nitrogen and oxygen atoms in total. The third-order valence-corrected chi connectivity index (χ3v) is 4.72. The van der Waals surface area contributed by atoms with Crippen LogP contribution in [0.1, 0.15) is 16.1 Å². The fourth-order valence-corrected chi connectivity index (χ4v) is 3.45. The Kier molecular flexibility index (Phi) is 4.33. The number of fused-ring (bicyclic) bond motifs is 1. The van der Waals surface area contributed by atoms with E-state index in [0.29, 0.717) is 5.69 Å². The first kappa shape index (κ1) is 16.2. The molecule has 2 heterocycles. The minimum Gasteiger partial charge on any atom is -0.322 e. The molecule has 0 radical (unpaired) electrons. The third kappa shape index (κ3) is 3.14. The average molecular weight is 361 g/mol. The fourth-order valence-electron chi connectivity index (χ4n) is 2.92. The van der Waals surface area contributed by atoms with Gasteiger partial charge in [-0.1, -0.05) is 36.4 Å². The smallest absolute Gasteiger partial charge is 0.278 e. The van der Waals surface area contributed by atoms with E-state index in [0.717, 1.165) is 22.2 Å². The predicted molar refractivity (Wildman–Crippen MR) is 104 cm³/mol. The minimum atomic E-state index is -0.193. The van der Waals surface area contributed by atoms with Crippen LogP contribution in [0, 0.1) is 0 Å². The second-order valence-corrected chi connectivity index (χ2v) is 6.52. The van der Waals surface area contributed by atoms with E-state index in [9.17, 15) is 9.59 Å². The molecular weight excluding hydrogens is 346 g/mol. The lowest BCUT2D eigenvalue weighted by Gasteiger charge is -2.23. The molecule has 0 aliphatic carbocycles. The Bertz CT molecular complexity index is 1100. The predicted octanol–water partition coefficient (Wildman–Crippen LogP) is 3.83. The molecule has 2 aromatic heterocycles. The average Bonchev–Trinajstić information content (AvgIpc) is 3.21. The van der Waals surface area contributed by atoms with Crippen LogP contribution in [0.15, 0.2) is 76.3 Å². The van der Waals surface area contributed by atoms with Gasteiger partial charge in [-0.2, -0.15) is 0 Å². The van der Waals surface area contributed by atoms with Crippen LogP contribution in [0.2, 0.25) is 0 Å². The van der Waals surface area contributed by atoms with Gasteiger partial charge in [0.05, 0.1) is 12.1 Å². The number of pyridine rings is 1. The van der Waals surface area contributed by atoms with Crippen molar-refractivity contribution in [3.05, 3.63) is 93.2 Å². The minimum absolute atomic E-state index is 0.187. The van der Waals surface area contributed by atoms with Crippen molar-refractivity contribution in [2.24, 2.45) is 0 Å². The zero-order valence-electron chi connectivity index (χ0n) is 13.8. The van der Waals surface area contributed by atoms with Gasteiger partial charge in [-0.15, -0.1) is 11.3 Å². The highest BCUT2D eigenvalue weighted by atomic mass is 32.1. The molecule has 4 aromatic rings. The van der Waals surface area contributed by atoms with Crippen molar-refractivity contribution in [1.29, 1.82) is 0 Å². The molecule has 0 aliphatic heterocycles. The molecule has 0 bridgehead atoms. The number of H-pyrrole nitrogens is 1. The topological polar surface area (TPSA) is 66.1 Å². The molecule has 4 rings (SSSR count). The van der Waals surface area contributed by atoms with Gasteiger partial charge in [-0.05, 0) is 23.8 Å². The maximum atomic E-state index is 13.0. The van der Waals surface area contributed by atoms with E-state index in [4.69, 9.17) is 0 Å².